The molecule has 0 fully saturated rings. The lowest BCUT2D eigenvalue weighted by Gasteiger charge is -2.08. The van der Waals surface area contributed by atoms with Gasteiger partial charge in [-0.05, 0) is 35.4 Å². The Morgan fingerprint density at radius 3 is 2.28 bits per heavy atom. The molecule has 0 heterocycles. The quantitative estimate of drug-likeness (QED) is 0.659. The largest absolute Gasteiger partial charge is 0.457 e. The van der Waals surface area contributed by atoms with Crippen LogP contribution in [0.15, 0.2) is 48.5 Å². The molecule has 0 atom stereocenters. The summed E-state index contributed by atoms with van der Waals surface area (Å²) < 4.78 is 5.74. The van der Waals surface area contributed by atoms with Crippen LogP contribution in [0.2, 0.25) is 0 Å². The molecule has 94 valence electrons. The standard InChI is InChI=1S/C14H11Cl3O/c15-9-10-3-1-5-12(7-10)18-13-6-2-4-11(8-13)14(16)17/h1-8,14H,9H2. The summed E-state index contributed by atoms with van der Waals surface area (Å²) in [5.74, 6) is 1.90. The van der Waals surface area contributed by atoms with Crippen molar-refractivity contribution in [3.05, 3.63) is 59.7 Å². The van der Waals surface area contributed by atoms with Gasteiger partial charge in [-0.1, -0.05) is 24.3 Å². The lowest BCUT2D eigenvalue weighted by molar-refractivity contribution is 0.481. The lowest BCUT2D eigenvalue weighted by Crippen LogP contribution is -1.88. The fourth-order valence-corrected chi connectivity index (χ4v) is 1.98. The Labute approximate surface area is 121 Å². The van der Waals surface area contributed by atoms with E-state index in [0.29, 0.717) is 11.6 Å². The third-order valence-electron chi connectivity index (χ3n) is 2.40. The van der Waals surface area contributed by atoms with Gasteiger partial charge in [0.05, 0.1) is 0 Å². The third kappa shape index (κ3) is 3.55. The number of benzene rings is 2. The monoisotopic (exact) mass is 300 g/mol. The number of hydrogen-bond donors (Lipinski definition) is 0. The highest BCUT2D eigenvalue weighted by Crippen LogP contribution is 2.29. The highest BCUT2D eigenvalue weighted by molar-refractivity contribution is 6.44. The van der Waals surface area contributed by atoms with Gasteiger partial charge in [0.25, 0.3) is 0 Å². The van der Waals surface area contributed by atoms with Crippen molar-refractivity contribution in [2.45, 2.75) is 10.7 Å². The van der Waals surface area contributed by atoms with Crippen molar-refractivity contribution < 1.29 is 4.74 Å². The molecule has 0 N–H and O–H groups in total. The van der Waals surface area contributed by atoms with Crippen molar-refractivity contribution in [2.24, 2.45) is 0 Å². The van der Waals surface area contributed by atoms with Crippen LogP contribution in [0.5, 0.6) is 11.5 Å². The molecule has 0 aliphatic carbocycles. The summed E-state index contributed by atoms with van der Waals surface area (Å²) in [6.45, 7) is 0. The molecule has 1 nitrogen and oxygen atoms in total. The van der Waals surface area contributed by atoms with Crippen LogP contribution in [0.4, 0.5) is 0 Å². The van der Waals surface area contributed by atoms with Gasteiger partial charge in [0.15, 0.2) is 0 Å². The topological polar surface area (TPSA) is 9.23 Å². The summed E-state index contributed by atoms with van der Waals surface area (Å²) in [7, 11) is 0. The number of ether oxygens (including phenoxy) is 1. The van der Waals surface area contributed by atoms with Crippen molar-refractivity contribution in [1.29, 1.82) is 0 Å². The van der Waals surface area contributed by atoms with Crippen molar-refractivity contribution >= 4 is 34.8 Å². The number of alkyl halides is 3. The second-order valence-corrected chi connectivity index (χ2v) is 5.12. The van der Waals surface area contributed by atoms with Gasteiger partial charge in [-0.15, -0.1) is 34.8 Å². The minimum absolute atomic E-state index is 0.461. The zero-order valence-electron chi connectivity index (χ0n) is 9.45. The van der Waals surface area contributed by atoms with Crippen LogP contribution in [-0.4, -0.2) is 0 Å². The molecule has 0 amide bonds. The fourth-order valence-electron chi connectivity index (χ4n) is 1.54. The maximum Gasteiger partial charge on any atom is 0.132 e. The van der Waals surface area contributed by atoms with Gasteiger partial charge < -0.3 is 4.74 Å². The zero-order valence-corrected chi connectivity index (χ0v) is 11.7. The van der Waals surface area contributed by atoms with Crippen molar-refractivity contribution in [3.63, 3.8) is 0 Å². The predicted octanol–water partition coefficient (Wildman–Crippen LogP) is 5.69. The molecular weight excluding hydrogens is 291 g/mol. The van der Waals surface area contributed by atoms with E-state index in [1.165, 1.54) is 0 Å². The molecule has 2 aromatic carbocycles. The number of rotatable bonds is 4. The van der Waals surface area contributed by atoms with Gasteiger partial charge in [-0.25, -0.2) is 0 Å². The average molecular weight is 302 g/mol. The first-order chi connectivity index (χ1) is 8.69. The minimum atomic E-state index is -0.553. The summed E-state index contributed by atoms with van der Waals surface area (Å²) in [6.07, 6.45) is 0. The SMILES string of the molecule is ClCc1cccc(Oc2cccc(C(Cl)Cl)c2)c1. The number of halogens is 3. The summed E-state index contributed by atoms with van der Waals surface area (Å²) in [6, 6.07) is 15.0. The lowest BCUT2D eigenvalue weighted by atomic mass is 10.2. The van der Waals surface area contributed by atoms with E-state index in [1.807, 2.05) is 48.5 Å². The molecule has 2 rings (SSSR count). The van der Waals surface area contributed by atoms with Gasteiger partial charge >= 0.3 is 0 Å². The first-order valence-corrected chi connectivity index (χ1v) is 6.80. The zero-order chi connectivity index (χ0) is 13.0. The molecule has 0 saturated heterocycles. The summed E-state index contributed by atoms with van der Waals surface area (Å²) in [5, 5.41) is 0. The smallest absolute Gasteiger partial charge is 0.132 e. The van der Waals surface area contributed by atoms with Gasteiger partial charge in [0.1, 0.15) is 16.3 Å². The van der Waals surface area contributed by atoms with Gasteiger partial charge in [-0.2, -0.15) is 0 Å². The molecule has 0 bridgehead atoms. The van der Waals surface area contributed by atoms with E-state index in [4.69, 9.17) is 39.5 Å². The molecule has 0 unspecified atom stereocenters. The van der Waals surface area contributed by atoms with E-state index in [2.05, 4.69) is 0 Å². The molecule has 0 aliphatic heterocycles. The van der Waals surface area contributed by atoms with E-state index in [-0.39, 0.29) is 0 Å². The molecule has 0 saturated carbocycles. The third-order valence-corrected chi connectivity index (χ3v) is 3.21. The van der Waals surface area contributed by atoms with Crippen LogP contribution < -0.4 is 4.74 Å². The number of hydrogen-bond acceptors (Lipinski definition) is 1. The fraction of sp³-hybridized carbons (Fsp3) is 0.143. The van der Waals surface area contributed by atoms with E-state index in [1.54, 1.807) is 0 Å². The summed E-state index contributed by atoms with van der Waals surface area (Å²) in [4.78, 5) is -0.553. The highest BCUT2D eigenvalue weighted by atomic mass is 35.5. The predicted molar refractivity (Wildman–Crippen MR) is 77.0 cm³/mol. The molecule has 0 spiro atoms. The van der Waals surface area contributed by atoms with Crippen molar-refractivity contribution in [2.75, 3.05) is 0 Å². The van der Waals surface area contributed by atoms with Crippen LogP contribution in [-0.2, 0) is 5.88 Å². The second kappa shape index (κ2) is 6.33. The average Bonchev–Trinajstić information content (AvgIpc) is 2.39. The van der Waals surface area contributed by atoms with Gasteiger partial charge in [-0.3, -0.25) is 0 Å². The Morgan fingerprint density at radius 1 is 0.944 bits per heavy atom. The Bertz CT molecular complexity index is 526. The summed E-state index contributed by atoms with van der Waals surface area (Å²) >= 11 is 17.4. The van der Waals surface area contributed by atoms with Crippen LogP contribution >= 0.6 is 34.8 Å². The molecular formula is C14H11Cl3O. The minimum Gasteiger partial charge on any atom is -0.457 e. The normalized spacial score (nSPS) is 10.7. The Balaban J connectivity index is 2.20. The maximum absolute atomic E-state index is 5.82. The Morgan fingerprint density at radius 2 is 1.61 bits per heavy atom. The first kappa shape index (κ1) is 13.5. The van der Waals surface area contributed by atoms with E-state index in [0.717, 1.165) is 16.9 Å². The first-order valence-electron chi connectivity index (χ1n) is 5.40. The second-order valence-electron chi connectivity index (χ2n) is 3.76. The van der Waals surface area contributed by atoms with E-state index >= 15 is 0 Å². The van der Waals surface area contributed by atoms with Gasteiger partial charge in [0, 0.05) is 5.88 Å². The van der Waals surface area contributed by atoms with Crippen molar-refractivity contribution in [3.8, 4) is 11.5 Å². The molecule has 4 heteroatoms. The van der Waals surface area contributed by atoms with Crippen LogP contribution in [0, 0.1) is 0 Å². The van der Waals surface area contributed by atoms with Crippen LogP contribution in [0.1, 0.15) is 16.0 Å². The van der Waals surface area contributed by atoms with E-state index in [9.17, 15) is 0 Å². The Hall–Kier alpha value is -0.890. The van der Waals surface area contributed by atoms with Crippen LogP contribution in [0.25, 0.3) is 0 Å². The maximum atomic E-state index is 5.82. The molecule has 0 radical (unpaired) electrons. The van der Waals surface area contributed by atoms with Crippen molar-refractivity contribution in [1.82, 2.24) is 0 Å². The van der Waals surface area contributed by atoms with E-state index < -0.39 is 4.84 Å². The molecule has 18 heavy (non-hydrogen) atoms. The highest BCUT2D eigenvalue weighted by Gasteiger charge is 2.05. The Kier molecular flexibility index (Phi) is 4.76. The molecule has 0 aromatic heterocycles. The van der Waals surface area contributed by atoms with Gasteiger partial charge in [0.2, 0.25) is 0 Å². The summed E-state index contributed by atoms with van der Waals surface area (Å²) in [5.41, 5.74) is 1.82. The molecule has 2 aromatic rings. The molecule has 0 aliphatic rings. The van der Waals surface area contributed by atoms with Crippen LogP contribution in [0.3, 0.4) is 0 Å².